The molecule has 0 bridgehead atoms. The Morgan fingerprint density at radius 2 is 1.81 bits per heavy atom. The van der Waals surface area contributed by atoms with Crippen molar-refractivity contribution in [3.63, 3.8) is 0 Å². The minimum Gasteiger partial charge on any atom is -0.371 e. The van der Waals surface area contributed by atoms with Gasteiger partial charge in [0.2, 0.25) is 5.91 Å². The SMILES string of the molecule is NC(=O)C1CCN(c2cc(-c3ccc(F)cc3)nc3ccc(Cl)cc23)CC1. The lowest BCUT2D eigenvalue weighted by Crippen LogP contribution is -2.38. The number of carbonyl (C=O) groups is 1. The lowest BCUT2D eigenvalue weighted by Gasteiger charge is -2.33. The van der Waals surface area contributed by atoms with Gasteiger partial charge < -0.3 is 10.6 Å². The van der Waals surface area contributed by atoms with Gasteiger partial charge in [-0.05, 0) is 61.4 Å². The zero-order valence-electron chi connectivity index (χ0n) is 14.7. The average molecular weight is 384 g/mol. The third-order valence-electron chi connectivity index (χ3n) is 5.13. The van der Waals surface area contributed by atoms with Crippen molar-refractivity contribution < 1.29 is 9.18 Å². The number of pyridine rings is 1. The Balaban J connectivity index is 1.79. The minimum atomic E-state index is -0.278. The molecule has 3 aromatic rings. The quantitative estimate of drug-likeness (QED) is 0.729. The summed E-state index contributed by atoms with van der Waals surface area (Å²) in [5.74, 6) is -0.584. The predicted octanol–water partition coefficient (Wildman–Crippen LogP) is 4.40. The lowest BCUT2D eigenvalue weighted by molar-refractivity contribution is -0.122. The van der Waals surface area contributed by atoms with Crippen molar-refractivity contribution in [1.29, 1.82) is 0 Å². The number of anilines is 1. The summed E-state index contributed by atoms with van der Waals surface area (Å²) in [6, 6.07) is 13.9. The first-order chi connectivity index (χ1) is 13.0. The summed E-state index contributed by atoms with van der Waals surface area (Å²) >= 11 is 6.22. The van der Waals surface area contributed by atoms with E-state index in [9.17, 15) is 9.18 Å². The van der Waals surface area contributed by atoms with Crippen LogP contribution in [0.3, 0.4) is 0 Å². The smallest absolute Gasteiger partial charge is 0.220 e. The van der Waals surface area contributed by atoms with Gasteiger partial charge in [0.1, 0.15) is 5.82 Å². The molecule has 0 saturated carbocycles. The number of aromatic nitrogens is 1. The first-order valence-corrected chi connectivity index (χ1v) is 9.29. The van der Waals surface area contributed by atoms with Gasteiger partial charge in [0, 0.05) is 40.7 Å². The summed E-state index contributed by atoms with van der Waals surface area (Å²) in [7, 11) is 0. The van der Waals surface area contributed by atoms with Gasteiger partial charge in [-0.25, -0.2) is 9.37 Å². The van der Waals surface area contributed by atoms with Gasteiger partial charge in [0.15, 0.2) is 0 Å². The van der Waals surface area contributed by atoms with Crippen LogP contribution in [0.2, 0.25) is 5.02 Å². The highest BCUT2D eigenvalue weighted by Gasteiger charge is 2.24. The largest absolute Gasteiger partial charge is 0.371 e. The summed E-state index contributed by atoms with van der Waals surface area (Å²) < 4.78 is 13.3. The number of nitrogens with two attached hydrogens (primary N) is 1. The topological polar surface area (TPSA) is 59.2 Å². The minimum absolute atomic E-state index is 0.0745. The van der Waals surface area contributed by atoms with Crippen LogP contribution in [0.4, 0.5) is 10.1 Å². The summed E-state index contributed by atoms with van der Waals surface area (Å²) in [4.78, 5) is 18.4. The van der Waals surface area contributed by atoms with Crippen molar-refractivity contribution in [2.75, 3.05) is 18.0 Å². The Bertz CT molecular complexity index is 998. The fourth-order valence-electron chi connectivity index (χ4n) is 3.62. The lowest BCUT2D eigenvalue weighted by atomic mass is 9.95. The van der Waals surface area contributed by atoms with Gasteiger partial charge in [-0.3, -0.25) is 4.79 Å². The molecule has 6 heteroatoms. The molecule has 1 aromatic heterocycles. The van der Waals surface area contributed by atoms with E-state index in [1.165, 1.54) is 12.1 Å². The van der Waals surface area contributed by atoms with Crippen LogP contribution in [0, 0.1) is 11.7 Å². The Kier molecular flexibility index (Phi) is 4.70. The van der Waals surface area contributed by atoms with Crippen molar-refractivity contribution >= 4 is 34.1 Å². The molecule has 138 valence electrons. The van der Waals surface area contributed by atoms with E-state index in [1.54, 1.807) is 12.1 Å². The number of hydrogen-bond acceptors (Lipinski definition) is 3. The number of benzene rings is 2. The second kappa shape index (κ2) is 7.16. The summed E-state index contributed by atoms with van der Waals surface area (Å²) in [6.45, 7) is 1.48. The summed E-state index contributed by atoms with van der Waals surface area (Å²) in [5.41, 5.74) is 8.93. The maximum Gasteiger partial charge on any atom is 0.220 e. The van der Waals surface area contributed by atoms with Crippen molar-refractivity contribution in [2.24, 2.45) is 11.7 Å². The van der Waals surface area contributed by atoms with Gasteiger partial charge in [-0.1, -0.05) is 11.6 Å². The van der Waals surface area contributed by atoms with Crippen molar-refractivity contribution in [2.45, 2.75) is 12.8 Å². The molecule has 2 aromatic carbocycles. The fourth-order valence-corrected chi connectivity index (χ4v) is 3.79. The molecular formula is C21H19ClFN3O. The molecule has 1 fully saturated rings. The molecule has 1 aliphatic rings. The first kappa shape index (κ1) is 17.7. The van der Waals surface area contributed by atoms with E-state index in [1.807, 2.05) is 24.3 Å². The van der Waals surface area contributed by atoms with Gasteiger partial charge in [-0.2, -0.15) is 0 Å². The van der Waals surface area contributed by atoms with Crippen LogP contribution in [0.15, 0.2) is 48.5 Å². The van der Waals surface area contributed by atoms with Gasteiger partial charge in [0.05, 0.1) is 11.2 Å². The monoisotopic (exact) mass is 383 g/mol. The second-order valence-electron chi connectivity index (χ2n) is 6.86. The third kappa shape index (κ3) is 3.60. The van der Waals surface area contributed by atoms with Crippen LogP contribution in [0.25, 0.3) is 22.2 Å². The molecule has 2 heterocycles. The number of nitrogens with zero attached hydrogens (tertiary/aromatic N) is 2. The van der Waals surface area contributed by atoms with E-state index in [4.69, 9.17) is 22.3 Å². The zero-order chi connectivity index (χ0) is 19.0. The zero-order valence-corrected chi connectivity index (χ0v) is 15.4. The van der Waals surface area contributed by atoms with Gasteiger partial charge in [-0.15, -0.1) is 0 Å². The van der Waals surface area contributed by atoms with Crippen LogP contribution in [0.5, 0.6) is 0 Å². The standard InChI is InChI=1S/C21H19ClFN3O/c22-15-3-6-18-17(11-15)20(26-9-7-14(8-10-26)21(24)27)12-19(25-18)13-1-4-16(23)5-2-13/h1-6,11-12,14H,7-10H2,(H2,24,27). The maximum absolute atomic E-state index is 13.3. The number of primary amides is 1. The molecule has 0 unspecified atom stereocenters. The number of amides is 1. The van der Waals surface area contributed by atoms with Crippen molar-refractivity contribution in [1.82, 2.24) is 4.98 Å². The fraction of sp³-hybridized carbons (Fsp3) is 0.238. The number of halogens is 2. The van der Waals surface area contributed by atoms with Crippen LogP contribution >= 0.6 is 11.6 Å². The molecule has 4 rings (SSSR count). The highest BCUT2D eigenvalue weighted by atomic mass is 35.5. The van der Waals surface area contributed by atoms with Gasteiger partial charge >= 0.3 is 0 Å². The molecule has 0 spiro atoms. The Morgan fingerprint density at radius 1 is 1.11 bits per heavy atom. The number of hydrogen-bond donors (Lipinski definition) is 1. The van der Waals surface area contributed by atoms with Crippen molar-refractivity contribution in [3.8, 4) is 11.3 Å². The van der Waals surface area contributed by atoms with Crippen LogP contribution < -0.4 is 10.6 Å². The highest BCUT2D eigenvalue weighted by Crippen LogP contribution is 2.34. The molecule has 0 radical (unpaired) electrons. The molecule has 0 atom stereocenters. The number of fused-ring (bicyclic) bond motifs is 1. The van der Waals surface area contributed by atoms with E-state index in [0.29, 0.717) is 5.02 Å². The highest BCUT2D eigenvalue weighted by molar-refractivity contribution is 6.31. The second-order valence-corrected chi connectivity index (χ2v) is 7.30. The Hall–Kier alpha value is -2.66. The third-order valence-corrected chi connectivity index (χ3v) is 5.36. The molecule has 1 amide bonds. The Labute approximate surface area is 161 Å². The van der Waals surface area contributed by atoms with E-state index in [0.717, 1.165) is 53.8 Å². The van der Waals surface area contributed by atoms with E-state index in [2.05, 4.69) is 4.90 Å². The van der Waals surface area contributed by atoms with E-state index in [-0.39, 0.29) is 17.6 Å². The van der Waals surface area contributed by atoms with Crippen LogP contribution in [-0.2, 0) is 4.79 Å². The molecular weight excluding hydrogens is 365 g/mol. The molecule has 27 heavy (non-hydrogen) atoms. The molecule has 1 aliphatic heterocycles. The number of piperidine rings is 1. The molecule has 0 aliphatic carbocycles. The molecule has 2 N–H and O–H groups in total. The van der Waals surface area contributed by atoms with Gasteiger partial charge in [0.25, 0.3) is 0 Å². The number of rotatable bonds is 3. The van der Waals surface area contributed by atoms with Crippen LogP contribution in [0.1, 0.15) is 12.8 Å². The van der Waals surface area contributed by atoms with Crippen molar-refractivity contribution in [3.05, 3.63) is 59.4 Å². The van der Waals surface area contributed by atoms with E-state index >= 15 is 0 Å². The molecule has 1 saturated heterocycles. The summed E-state index contributed by atoms with van der Waals surface area (Å²) in [5, 5.41) is 1.61. The maximum atomic E-state index is 13.3. The predicted molar refractivity (Wildman–Crippen MR) is 106 cm³/mol. The molecule has 4 nitrogen and oxygen atoms in total. The summed E-state index contributed by atoms with van der Waals surface area (Å²) in [6.07, 6.45) is 1.46. The normalized spacial score (nSPS) is 15.3. The van der Waals surface area contributed by atoms with E-state index < -0.39 is 0 Å². The average Bonchev–Trinajstić information content (AvgIpc) is 2.68. The van der Waals surface area contributed by atoms with Crippen LogP contribution in [-0.4, -0.2) is 24.0 Å². The number of carbonyl (C=O) groups excluding carboxylic acids is 1. The Morgan fingerprint density at radius 3 is 2.48 bits per heavy atom. The first-order valence-electron chi connectivity index (χ1n) is 8.92.